The molecule has 1 N–H and O–H groups in total. The maximum Gasteiger partial charge on any atom is 0.242 e. The number of morpholine rings is 1. The van der Waals surface area contributed by atoms with Crippen LogP contribution in [0.1, 0.15) is 13.8 Å². The zero-order valence-electron chi connectivity index (χ0n) is 19.1. The fourth-order valence-corrected chi connectivity index (χ4v) is 5.05. The number of rotatable bonds is 7. The van der Waals surface area contributed by atoms with Gasteiger partial charge in [0.15, 0.2) is 0 Å². The minimum absolute atomic E-state index is 0.0342. The third-order valence-corrected chi connectivity index (χ3v) is 6.61. The summed E-state index contributed by atoms with van der Waals surface area (Å²) < 4.78 is 13.0. The zero-order chi connectivity index (χ0) is 23.4. The van der Waals surface area contributed by atoms with Gasteiger partial charge in [-0.3, -0.25) is 9.59 Å². The van der Waals surface area contributed by atoms with E-state index in [0.717, 1.165) is 15.8 Å². The van der Waals surface area contributed by atoms with Crippen LogP contribution in [0.2, 0.25) is 0 Å². The lowest BCUT2D eigenvalue weighted by molar-refractivity contribution is -0.143. The van der Waals surface area contributed by atoms with Gasteiger partial charge in [-0.15, -0.1) is 11.8 Å². The average Bonchev–Trinajstić information content (AvgIpc) is 3.15. The summed E-state index contributed by atoms with van der Waals surface area (Å²) >= 11 is 1.46. The molecule has 1 saturated heterocycles. The van der Waals surface area contributed by atoms with E-state index in [4.69, 9.17) is 9.47 Å². The number of carbonyl (C=O) groups is 2. The highest BCUT2D eigenvalue weighted by Crippen LogP contribution is 2.31. The van der Waals surface area contributed by atoms with Gasteiger partial charge in [0.05, 0.1) is 30.8 Å². The zero-order valence-corrected chi connectivity index (χ0v) is 19.9. The van der Waals surface area contributed by atoms with Gasteiger partial charge in [-0.2, -0.15) is 0 Å². The van der Waals surface area contributed by atoms with Gasteiger partial charge in [0.2, 0.25) is 11.8 Å². The standard InChI is InChI=1S/C25H29N3O4S/c1-17-12-28(13-18(2)32-17)25(30)15-27-14-23(19-8-4-6-10-21(19)27)33-16-24(29)26-20-9-5-7-11-22(20)31-3/h4-11,14,17-18H,12-13,15-16H2,1-3H3,(H,26,29). The van der Waals surface area contributed by atoms with E-state index in [9.17, 15) is 9.59 Å². The summed E-state index contributed by atoms with van der Waals surface area (Å²) in [5.74, 6) is 0.827. The second kappa shape index (κ2) is 10.3. The average molecular weight is 468 g/mol. The third-order valence-electron chi connectivity index (χ3n) is 5.57. The van der Waals surface area contributed by atoms with Gasteiger partial charge in [-0.05, 0) is 32.0 Å². The third kappa shape index (κ3) is 5.51. The number of carbonyl (C=O) groups excluding carboxylic acids is 2. The Morgan fingerprint density at radius 3 is 2.55 bits per heavy atom. The second-order valence-electron chi connectivity index (χ2n) is 8.23. The highest BCUT2D eigenvalue weighted by molar-refractivity contribution is 8.00. The second-order valence-corrected chi connectivity index (χ2v) is 9.25. The number of benzene rings is 2. The Hall–Kier alpha value is -2.97. The van der Waals surface area contributed by atoms with Crippen LogP contribution in [0.15, 0.2) is 59.6 Å². The van der Waals surface area contributed by atoms with Crippen LogP contribution in [-0.4, -0.2) is 59.4 Å². The molecule has 8 heteroatoms. The predicted molar refractivity (Wildman–Crippen MR) is 131 cm³/mol. The lowest BCUT2D eigenvalue weighted by Gasteiger charge is -2.35. The number of anilines is 1. The summed E-state index contributed by atoms with van der Waals surface area (Å²) in [4.78, 5) is 28.4. The summed E-state index contributed by atoms with van der Waals surface area (Å²) in [6.45, 7) is 5.45. The molecule has 1 aromatic heterocycles. The van der Waals surface area contributed by atoms with Gasteiger partial charge in [-0.25, -0.2) is 0 Å². The van der Waals surface area contributed by atoms with E-state index in [-0.39, 0.29) is 36.3 Å². The lowest BCUT2D eigenvalue weighted by atomic mass is 10.2. The number of nitrogens with one attached hydrogen (secondary N) is 1. The van der Waals surface area contributed by atoms with Crippen LogP contribution in [-0.2, 0) is 20.9 Å². The SMILES string of the molecule is COc1ccccc1NC(=O)CSc1cn(CC(=O)N2CC(C)OC(C)C2)c2ccccc12. The van der Waals surface area contributed by atoms with E-state index >= 15 is 0 Å². The first-order chi connectivity index (χ1) is 15.9. The van der Waals surface area contributed by atoms with Crippen LogP contribution in [0.5, 0.6) is 5.75 Å². The molecule has 0 bridgehead atoms. The van der Waals surface area contributed by atoms with Crippen molar-refractivity contribution in [3.8, 4) is 5.75 Å². The molecule has 2 atom stereocenters. The molecule has 174 valence electrons. The monoisotopic (exact) mass is 467 g/mol. The topological polar surface area (TPSA) is 72.8 Å². The first kappa shape index (κ1) is 23.2. The van der Waals surface area contributed by atoms with Crippen LogP contribution in [0.3, 0.4) is 0 Å². The molecule has 0 aliphatic carbocycles. The normalized spacial score (nSPS) is 18.3. The molecule has 2 unspecified atom stereocenters. The van der Waals surface area contributed by atoms with Crippen LogP contribution in [0, 0.1) is 0 Å². The van der Waals surface area contributed by atoms with Gasteiger partial charge >= 0.3 is 0 Å². The highest BCUT2D eigenvalue weighted by Gasteiger charge is 2.26. The van der Waals surface area contributed by atoms with E-state index in [1.54, 1.807) is 7.11 Å². The number of para-hydroxylation sites is 3. The predicted octanol–water partition coefficient (Wildman–Crippen LogP) is 4.02. The van der Waals surface area contributed by atoms with Crippen molar-refractivity contribution in [3.63, 3.8) is 0 Å². The quantitative estimate of drug-likeness (QED) is 0.532. The Morgan fingerprint density at radius 1 is 1.09 bits per heavy atom. The number of ether oxygens (including phenoxy) is 2. The minimum Gasteiger partial charge on any atom is -0.495 e. The Balaban J connectivity index is 1.45. The summed E-state index contributed by atoms with van der Waals surface area (Å²) in [6, 6.07) is 15.3. The number of thioether (sulfide) groups is 1. The Bertz CT molecular complexity index is 1140. The highest BCUT2D eigenvalue weighted by atomic mass is 32.2. The number of fused-ring (bicyclic) bond motifs is 1. The Morgan fingerprint density at radius 2 is 1.79 bits per heavy atom. The minimum atomic E-state index is -0.117. The van der Waals surface area contributed by atoms with Crippen molar-refractivity contribution in [2.45, 2.75) is 37.5 Å². The smallest absolute Gasteiger partial charge is 0.242 e. The summed E-state index contributed by atoms with van der Waals surface area (Å²) in [6.07, 6.45) is 2.04. The molecule has 4 rings (SSSR count). The van der Waals surface area contributed by atoms with Crippen LogP contribution in [0.4, 0.5) is 5.69 Å². The van der Waals surface area contributed by atoms with Gasteiger partial charge in [0.25, 0.3) is 0 Å². The fraction of sp³-hybridized carbons (Fsp3) is 0.360. The summed E-state index contributed by atoms with van der Waals surface area (Å²) in [7, 11) is 1.58. The molecule has 3 aromatic rings. The van der Waals surface area contributed by atoms with Gasteiger partial charge in [-0.1, -0.05) is 30.3 Å². The van der Waals surface area contributed by atoms with Crippen molar-refractivity contribution in [2.24, 2.45) is 0 Å². The van der Waals surface area contributed by atoms with Gasteiger partial charge in [0, 0.05) is 35.1 Å². The number of amides is 2. The summed E-state index contributed by atoms with van der Waals surface area (Å²) in [5, 5.41) is 3.94. The Labute approximate surface area is 198 Å². The number of hydrogen-bond acceptors (Lipinski definition) is 5. The largest absolute Gasteiger partial charge is 0.495 e. The van der Waals surface area contributed by atoms with E-state index in [1.807, 2.05) is 78.0 Å². The molecule has 1 aliphatic rings. The molecule has 2 amide bonds. The van der Waals surface area contributed by atoms with Crippen molar-refractivity contribution in [1.29, 1.82) is 0 Å². The fourth-order valence-electron chi connectivity index (χ4n) is 4.16. The summed E-state index contributed by atoms with van der Waals surface area (Å²) in [5.41, 5.74) is 1.63. The molecule has 0 radical (unpaired) electrons. The van der Waals surface area contributed by atoms with E-state index in [2.05, 4.69) is 5.32 Å². The van der Waals surface area contributed by atoms with Crippen molar-refractivity contribution in [2.75, 3.05) is 31.3 Å². The molecule has 7 nitrogen and oxygen atoms in total. The number of aromatic nitrogens is 1. The van der Waals surface area contributed by atoms with E-state index in [1.165, 1.54) is 11.8 Å². The van der Waals surface area contributed by atoms with Crippen molar-refractivity contribution >= 4 is 40.2 Å². The molecule has 1 fully saturated rings. The van der Waals surface area contributed by atoms with Gasteiger partial charge < -0.3 is 24.3 Å². The van der Waals surface area contributed by atoms with E-state index in [0.29, 0.717) is 24.5 Å². The van der Waals surface area contributed by atoms with Gasteiger partial charge in [0.1, 0.15) is 12.3 Å². The van der Waals surface area contributed by atoms with Crippen molar-refractivity contribution < 1.29 is 19.1 Å². The van der Waals surface area contributed by atoms with Crippen LogP contribution in [0.25, 0.3) is 10.9 Å². The lowest BCUT2D eigenvalue weighted by Crippen LogP contribution is -2.49. The number of nitrogens with zero attached hydrogens (tertiary/aromatic N) is 2. The number of hydrogen-bond donors (Lipinski definition) is 1. The first-order valence-electron chi connectivity index (χ1n) is 11.0. The molecule has 33 heavy (non-hydrogen) atoms. The molecule has 0 saturated carbocycles. The van der Waals surface area contributed by atoms with Crippen LogP contribution >= 0.6 is 11.8 Å². The Kier molecular flexibility index (Phi) is 7.25. The molecule has 0 spiro atoms. The van der Waals surface area contributed by atoms with E-state index < -0.39 is 0 Å². The van der Waals surface area contributed by atoms with Crippen molar-refractivity contribution in [1.82, 2.24) is 9.47 Å². The molecular weight excluding hydrogens is 438 g/mol. The maximum absolute atomic E-state index is 13.0. The van der Waals surface area contributed by atoms with Crippen molar-refractivity contribution in [3.05, 3.63) is 54.7 Å². The maximum atomic E-state index is 13.0. The number of methoxy groups -OCH3 is 1. The molecular formula is C25H29N3O4S. The van der Waals surface area contributed by atoms with Crippen LogP contribution < -0.4 is 10.1 Å². The molecule has 2 heterocycles. The molecule has 2 aromatic carbocycles. The molecule has 1 aliphatic heterocycles. The first-order valence-corrected chi connectivity index (χ1v) is 12.0.